The quantitative estimate of drug-likeness (QED) is 0.0769. The van der Waals surface area contributed by atoms with E-state index in [-0.39, 0.29) is 0 Å². The highest BCUT2D eigenvalue weighted by Crippen LogP contribution is 2.49. The molecule has 11 aromatic rings. The zero-order valence-electron chi connectivity index (χ0n) is 37.8. The van der Waals surface area contributed by atoms with Gasteiger partial charge in [-0.15, -0.1) is 0 Å². The predicted octanol–water partition coefficient (Wildman–Crippen LogP) is 18.3. The molecule has 0 saturated heterocycles. The molecule has 66 heavy (non-hydrogen) atoms. The van der Waals surface area contributed by atoms with Gasteiger partial charge >= 0.3 is 0 Å². The topological polar surface area (TPSA) is 6.48 Å². The minimum atomic E-state index is 1.11. The Bertz CT molecular complexity index is 3300. The van der Waals surface area contributed by atoms with E-state index in [2.05, 4.69) is 268 Å². The molecule has 0 aromatic heterocycles. The standard InChI is InChI=1S/C64H50N2/c1-43-11-19-47(20-12-43)23-25-49-27-35-53(36-28-49)65(51-31-15-45(3)16-32-51)61-41-39-57-56-8-6-10-60-62(42-40-58(64(56)60)55-7-5-9-59(61)63(55)57)66(52-33-17-46(4)18-34-52)54-37-29-50(30-38-54)26-24-48-21-13-44(2)14-22-48/h5-42H,1-4H3/b25-23+,26-24+. The second kappa shape index (κ2) is 17.1. The smallest absolute Gasteiger partial charge is 0.0540 e. The maximum Gasteiger partial charge on any atom is 0.0540 e. The van der Waals surface area contributed by atoms with E-state index in [1.165, 1.54) is 76.5 Å². The molecule has 0 fully saturated rings. The lowest BCUT2D eigenvalue weighted by atomic mass is 9.88. The van der Waals surface area contributed by atoms with Crippen LogP contribution in [0.25, 0.3) is 67.4 Å². The first-order valence-corrected chi connectivity index (χ1v) is 22.9. The predicted molar refractivity (Wildman–Crippen MR) is 287 cm³/mol. The van der Waals surface area contributed by atoms with Gasteiger partial charge in [-0.3, -0.25) is 0 Å². The van der Waals surface area contributed by atoms with E-state index >= 15 is 0 Å². The van der Waals surface area contributed by atoms with E-state index < -0.39 is 0 Å². The van der Waals surface area contributed by atoms with E-state index in [4.69, 9.17) is 0 Å². The molecule has 0 saturated carbocycles. The summed E-state index contributed by atoms with van der Waals surface area (Å²) >= 11 is 0. The van der Waals surface area contributed by atoms with Crippen LogP contribution in [0.2, 0.25) is 0 Å². The van der Waals surface area contributed by atoms with Gasteiger partial charge in [-0.05, 0) is 143 Å². The lowest BCUT2D eigenvalue weighted by Crippen LogP contribution is -2.11. The van der Waals surface area contributed by atoms with Gasteiger partial charge in [0.2, 0.25) is 0 Å². The van der Waals surface area contributed by atoms with E-state index in [0.717, 1.165) is 45.3 Å². The molecule has 0 heterocycles. The Morgan fingerprint density at radius 3 is 0.803 bits per heavy atom. The molecule has 0 amide bonds. The molecule has 11 aromatic carbocycles. The molecule has 2 nitrogen and oxygen atoms in total. The fourth-order valence-corrected chi connectivity index (χ4v) is 9.52. The average Bonchev–Trinajstić information content (AvgIpc) is 3.35. The first-order valence-electron chi connectivity index (χ1n) is 22.9. The molecule has 11 rings (SSSR count). The van der Waals surface area contributed by atoms with Crippen molar-refractivity contribution in [2.45, 2.75) is 27.7 Å². The van der Waals surface area contributed by atoms with Crippen molar-refractivity contribution >= 4 is 102 Å². The normalized spacial score (nSPS) is 11.8. The SMILES string of the molecule is Cc1ccc(/C=C/c2ccc(N(c3ccc(C)cc3)c3ccc4c5cccc6c(N(c7ccc(C)cc7)c7ccc(/C=C/c8ccc(C)cc8)cc7)ccc(c7cccc3c74)c65)cc2)cc1. The first kappa shape index (κ1) is 40.6. The first-order chi connectivity index (χ1) is 32.3. The summed E-state index contributed by atoms with van der Waals surface area (Å²) in [5.74, 6) is 0. The molecule has 0 atom stereocenters. The van der Waals surface area contributed by atoms with Gasteiger partial charge in [0, 0.05) is 33.5 Å². The molecule has 0 aliphatic carbocycles. The molecule has 0 aliphatic rings. The minimum Gasteiger partial charge on any atom is -0.310 e. The number of hydrogen-bond acceptors (Lipinski definition) is 2. The van der Waals surface area contributed by atoms with Crippen molar-refractivity contribution in [2.24, 2.45) is 0 Å². The van der Waals surface area contributed by atoms with Gasteiger partial charge in [0.25, 0.3) is 0 Å². The van der Waals surface area contributed by atoms with Crippen LogP contribution in [-0.2, 0) is 0 Å². The molecule has 0 radical (unpaired) electrons. The van der Waals surface area contributed by atoms with Gasteiger partial charge in [-0.1, -0.05) is 192 Å². The van der Waals surface area contributed by atoms with Crippen LogP contribution >= 0.6 is 0 Å². The van der Waals surface area contributed by atoms with Crippen molar-refractivity contribution in [1.82, 2.24) is 0 Å². The van der Waals surface area contributed by atoms with Crippen LogP contribution in [0.5, 0.6) is 0 Å². The molecule has 316 valence electrons. The summed E-state index contributed by atoms with van der Waals surface area (Å²) < 4.78 is 0. The van der Waals surface area contributed by atoms with Crippen molar-refractivity contribution in [3.8, 4) is 0 Å². The van der Waals surface area contributed by atoms with Gasteiger partial charge < -0.3 is 9.80 Å². The molecular formula is C64H50N2. The van der Waals surface area contributed by atoms with Gasteiger partial charge in [-0.2, -0.15) is 0 Å². The summed E-state index contributed by atoms with van der Waals surface area (Å²) in [5.41, 5.74) is 16.5. The zero-order chi connectivity index (χ0) is 44.7. The lowest BCUT2D eigenvalue weighted by Gasteiger charge is -2.29. The highest BCUT2D eigenvalue weighted by Gasteiger charge is 2.22. The molecule has 0 N–H and O–H groups in total. The summed E-state index contributed by atoms with van der Waals surface area (Å²) in [6.07, 6.45) is 8.75. The fraction of sp³-hybridized carbons (Fsp3) is 0.0625. The summed E-state index contributed by atoms with van der Waals surface area (Å²) in [6, 6.07) is 76.0. The minimum absolute atomic E-state index is 1.11. The van der Waals surface area contributed by atoms with Crippen LogP contribution in [0.4, 0.5) is 34.1 Å². The molecule has 0 unspecified atom stereocenters. The number of nitrogens with zero attached hydrogens (tertiary/aromatic N) is 2. The highest BCUT2D eigenvalue weighted by atomic mass is 15.1. The lowest BCUT2D eigenvalue weighted by molar-refractivity contribution is 1.29. The number of aryl methyl sites for hydroxylation is 4. The van der Waals surface area contributed by atoms with Crippen LogP contribution < -0.4 is 9.80 Å². The van der Waals surface area contributed by atoms with Crippen molar-refractivity contribution in [1.29, 1.82) is 0 Å². The third-order valence-electron chi connectivity index (χ3n) is 13.1. The Hall–Kier alpha value is -8.20. The Morgan fingerprint density at radius 1 is 0.242 bits per heavy atom. The summed E-state index contributed by atoms with van der Waals surface area (Å²) in [5, 5.41) is 10.0. The Morgan fingerprint density at radius 2 is 0.485 bits per heavy atom. The number of benzene rings is 11. The monoisotopic (exact) mass is 846 g/mol. The van der Waals surface area contributed by atoms with Crippen molar-refractivity contribution in [3.63, 3.8) is 0 Å². The average molecular weight is 847 g/mol. The van der Waals surface area contributed by atoms with Crippen molar-refractivity contribution in [2.75, 3.05) is 9.80 Å². The number of rotatable bonds is 10. The van der Waals surface area contributed by atoms with E-state index in [0.29, 0.717) is 0 Å². The van der Waals surface area contributed by atoms with Gasteiger partial charge in [0.1, 0.15) is 0 Å². The number of anilines is 6. The Labute approximate surface area is 388 Å². The van der Waals surface area contributed by atoms with E-state index in [9.17, 15) is 0 Å². The Kier molecular flexibility index (Phi) is 10.5. The van der Waals surface area contributed by atoms with Crippen LogP contribution in [0.15, 0.2) is 206 Å². The molecule has 0 aliphatic heterocycles. The van der Waals surface area contributed by atoms with Gasteiger partial charge in [-0.25, -0.2) is 0 Å². The van der Waals surface area contributed by atoms with Crippen molar-refractivity contribution in [3.05, 3.63) is 251 Å². The van der Waals surface area contributed by atoms with Crippen LogP contribution in [0.3, 0.4) is 0 Å². The fourth-order valence-electron chi connectivity index (χ4n) is 9.52. The molecular weight excluding hydrogens is 797 g/mol. The molecule has 0 bridgehead atoms. The van der Waals surface area contributed by atoms with Crippen LogP contribution in [0, 0.1) is 27.7 Å². The zero-order valence-corrected chi connectivity index (χ0v) is 37.8. The molecule has 0 spiro atoms. The van der Waals surface area contributed by atoms with E-state index in [1.54, 1.807) is 0 Å². The summed E-state index contributed by atoms with van der Waals surface area (Å²) in [4.78, 5) is 4.83. The molecule has 2 heteroatoms. The second-order valence-electron chi connectivity index (χ2n) is 17.7. The third-order valence-corrected chi connectivity index (χ3v) is 13.1. The number of hydrogen-bond donors (Lipinski definition) is 0. The highest BCUT2D eigenvalue weighted by molar-refractivity contribution is 6.35. The summed E-state index contributed by atoms with van der Waals surface area (Å²) in [7, 11) is 0. The number of fused-ring (bicyclic) bond motifs is 2. The van der Waals surface area contributed by atoms with Crippen molar-refractivity contribution < 1.29 is 0 Å². The largest absolute Gasteiger partial charge is 0.310 e. The third kappa shape index (κ3) is 7.67. The van der Waals surface area contributed by atoms with Gasteiger partial charge in [0.15, 0.2) is 0 Å². The maximum atomic E-state index is 2.41. The van der Waals surface area contributed by atoms with Crippen LogP contribution in [0.1, 0.15) is 44.5 Å². The van der Waals surface area contributed by atoms with Gasteiger partial charge in [0.05, 0.1) is 11.4 Å². The van der Waals surface area contributed by atoms with Crippen LogP contribution in [-0.4, -0.2) is 0 Å². The summed E-state index contributed by atoms with van der Waals surface area (Å²) in [6.45, 7) is 8.55. The second-order valence-corrected chi connectivity index (χ2v) is 17.7. The maximum absolute atomic E-state index is 2.41. The Balaban J connectivity index is 1.03. The van der Waals surface area contributed by atoms with E-state index in [1.807, 2.05) is 0 Å².